The first-order valence-corrected chi connectivity index (χ1v) is 6.73. The second-order valence-electron chi connectivity index (χ2n) is 4.91. The Morgan fingerprint density at radius 1 is 1.39 bits per heavy atom. The number of fused-ring (bicyclic) bond motifs is 1. The lowest BCUT2D eigenvalue weighted by molar-refractivity contribution is 0.528. The average molecular weight is 246 g/mol. The molecule has 0 aliphatic carbocycles. The van der Waals surface area contributed by atoms with E-state index in [0.717, 1.165) is 48.4 Å². The van der Waals surface area contributed by atoms with Gasteiger partial charge in [0.25, 0.3) is 0 Å². The van der Waals surface area contributed by atoms with E-state index in [-0.39, 0.29) is 6.04 Å². The summed E-state index contributed by atoms with van der Waals surface area (Å²) in [5.74, 6) is 1.11. The standard InChI is InChI=1S/C14H22N4/c1-4-6-13-17-12-7-10(3)8-16-14(12)18(13)9-11(15)5-2/h7-8,11H,4-6,9,15H2,1-3H3. The van der Waals surface area contributed by atoms with Crippen molar-refractivity contribution < 1.29 is 0 Å². The molecule has 0 aromatic carbocycles. The van der Waals surface area contributed by atoms with Crippen molar-refractivity contribution in [2.45, 2.75) is 52.6 Å². The topological polar surface area (TPSA) is 56.7 Å². The number of hydrogen-bond donors (Lipinski definition) is 1. The fourth-order valence-corrected chi connectivity index (χ4v) is 2.13. The van der Waals surface area contributed by atoms with Crippen LogP contribution in [0.4, 0.5) is 0 Å². The van der Waals surface area contributed by atoms with Gasteiger partial charge in [-0.25, -0.2) is 9.97 Å². The molecule has 4 nitrogen and oxygen atoms in total. The number of nitrogens with two attached hydrogens (primary N) is 1. The van der Waals surface area contributed by atoms with Gasteiger partial charge in [0.05, 0.1) is 0 Å². The van der Waals surface area contributed by atoms with Crippen LogP contribution in [0.25, 0.3) is 11.2 Å². The van der Waals surface area contributed by atoms with Gasteiger partial charge in [0.1, 0.15) is 11.3 Å². The number of aromatic nitrogens is 3. The zero-order chi connectivity index (χ0) is 13.1. The molecule has 0 spiro atoms. The highest BCUT2D eigenvalue weighted by Crippen LogP contribution is 2.17. The lowest BCUT2D eigenvalue weighted by atomic mass is 10.2. The predicted octanol–water partition coefficient (Wildman–Crippen LogP) is 2.43. The molecule has 98 valence electrons. The number of pyridine rings is 1. The highest BCUT2D eigenvalue weighted by molar-refractivity contribution is 5.72. The summed E-state index contributed by atoms with van der Waals surface area (Å²) >= 11 is 0. The van der Waals surface area contributed by atoms with Crippen LogP contribution in [0.2, 0.25) is 0 Å². The van der Waals surface area contributed by atoms with Crippen molar-refractivity contribution in [3.8, 4) is 0 Å². The fourth-order valence-electron chi connectivity index (χ4n) is 2.13. The van der Waals surface area contributed by atoms with Gasteiger partial charge in [0, 0.05) is 25.2 Å². The molecular formula is C14H22N4. The van der Waals surface area contributed by atoms with Gasteiger partial charge in [-0.05, 0) is 31.4 Å². The molecule has 4 heteroatoms. The highest BCUT2D eigenvalue weighted by Gasteiger charge is 2.13. The minimum absolute atomic E-state index is 0.168. The van der Waals surface area contributed by atoms with Gasteiger partial charge in [0.15, 0.2) is 5.65 Å². The van der Waals surface area contributed by atoms with Crippen LogP contribution >= 0.6 is 0 Å². The second-order valence-corrected chi connectivity index (χ2v) is 4.91. The van der Waals surface area contributed by atoms with Gasteiger partial charge in [-0.3, -0.25) is 0 Å². The lowest BCUT2D eigenvalue weighted by Gasteiger charge is -2.13. The number of nitrogens with zero attached hydrogens (tertiary/aromatic N) is 3. The van der Waals surface area contributed by atoms with Gasteiger partial charge in [-0.15, -0.1) is 0 Å². The Kier molecular flexibility index (Phi) is 3.97. The third-order valence-electron chi connectivity index (χ3n) is 3.22. The van der Waals surface area contributed by atoms with E-state index in [9.17, 15) is 0 Å². The molecule has 0 fully saturated rings. The van der Waals surface area contributed by atoms with E-state index in [1.165, 1.54) is 0 Å². The maximum atomic E-state index is 6.07. The Morgan fingerprint density at radius 3 is 2.83 bits per heavy atom. The minimum atomic E-state index is 0.168. The second kappa shape index (κ2) is 5.48. The summed E-state index contributed by atoms with van der Waals surface area (Å²) in [6.45, 7) is 7.13. The number of aryl methyl sites for hydroxylation is 2. The van der Waals surface area contributed by atoms with Crippen LogP contribution in [0.15, 0.2) is 12.3 Å². The molecule has 1 unspecified atom stereocenters. The zero-order valence-corrected chi connectivity index (χ0v) is 11.5. The molecule has 0 saturated carbocycles. The van der Waals surface area contributed by atoms with Crippen LogP contribution in [0.1, 0.15) is 38.1 Å². The third kappa shape index (κ3) is 2.53. The Balaban J connectivity index is 2.48. The molecule has 2 aromatic rings. The Morgan fingerprint density at radius 2 is 2.17 bits per heavy atom. The van der Waals surface area contributed by atoms with Crippen LogP contribution in [0.3, 0.4) is 0 Å². The maximum Gasteiger partial charge on any atom is 0.160 e. The molecule has 2 heterocycles. The molecule has 0 amide bonds. The van der Waals surface area contributed by atoms with Crippen molar-refractivity contribution in [3.63, 3.8) is 0 Å². The Bertz CT molecular complexity index is 530. The predicted molar refractivity (Wildman–Crippen MR) is 74.5 cm³/mol. The first kappa shape index (κ1) is 13.0. The maximum absolute atomic E-state index is 6.07. The zero-order valence-electron chi connectivity index (χ0n) is 11.5. The molecule has 2 aromatic heterocycles. The van der Waals surface area contributed by atoms with E-state index in [1.54, 1.807) is 0 Å². The summed E-state index contributed by atoms with van der Waals surface area (Å²) in [5.41, 5.74) is 9.18. The third-order valence-corrected chi connectivity index (χ3v) is 3.22. The molecule has 0 bridgehead atoms. The fraction of sp³-hybridized carbons (Fsp3) is 0.571. The molecule has 0 aliphatic rings. The van der Waals surface area contributed by atoms with Gasteiger partial charge >= 0.3 is 0 Å². The molecule has 18 heavy (non-hydrogen) atoms. The van der Waals surface area contributed by atoms with E-state index < -0.39 is 0 Å². The minimum Gasteiger partial charge on any atom is -0.326 e. The van der Waals surface area contributed by atoms with Crippen LogP contribution < -0.4 is 5.73 Å². The average Bonchev–Trinajstić information content (AvgIpc) is 2.67. The molecule has 0 saturated heterocycles. The Labute approximate surface area is 108 Å². The number of hydrogen-bond acceptors (Lipinski definition) is 3. The first-order chi connectivity index (χ1) is 8.65. The number of rotatable bonds is 5. The smallest absolute Gasteiger partial charge is 0.160 e. The first-order valence-electron chi connectivity index (χ1n) is 6.73. The van der Waals surface area contributed by atoms with Crippen molar-refractivity contribution in [2.24, 2.45) is 5.73 Å². The quantitative estimate of drug-likeness (QED) is 0.881. The Hall–Kier alpha value is -1.42. The van der Waals surface area contributed by atoms with Gasteiger partial charge in [0.2, 0.25) is 0 Å². The molecule has 0 aliphatic heterocycles. The van der Waals surface area contributed by atoms with Gasteiger partial charge in [-0.2, -0.15) is 0 Å². The summed E-state index contributed by atoms with van der Waals surface area (Å²) in [6, 6.07) is 2.26. The normalized spacial score (nSPS) is 13.1. The van der Waals surface area contributed by atoms with Crippen molar-refractivity contribution >= 4 is 11.2 Å². The van der Waals surface area contributed by atoms with Crippen molar-refractivity contribution in [3.05, 3.63) is 23.7 Å². The van der Waals surface area contributed by atoms with Crippen molar-refractivity contribution in [1.29, 1.82) is 0 Å². The molecule has 0 radical (unpaired) electrons. The lowest BCUT2D eigenvalue weighted by Crippen LogP contribution is -2.26. The van der Waals surface area contributed by atoms with Crippen LogP contribution in [-0.4, -0.2) is 20.6 Å². The van der Waals surface area contributed by atoms with E-state index in [1.807, 2.05) is 13.1 Å². The van der Waals surface area contributed by atoms with Gasteiger partial charge in [-0.1, -0.05) is 13.8 Å². The van der Waals surface area contributed by atoms with E-state index in [0.29, 0.717) is 0 Å². The van der Waals surface area contributed by atoms with Gasteiger partial charge < -0.3 is 10.3 Å². The van der Waals surface area contributed by atoms with Crippen LogP contribution in [0.5, 0.6) is 0 Å². The summed E-state index contributed by atoms with van der Waals surface area (Å²) in [7, 11) is 0. The molecule has 2 N–H and O–H groups in total. The SMILES string of the molecule is CCCc1nc2cc(C)cnc2n1CC(N)CC. The van der Waals surface area contributed by atoms with E-state index >= 15 is 0 Å². The molecule has 2 rings (SSSR count). The summed E-state index contributed by atoms with van der Waals surface area (Å²) in [6.07, 6.45) is 4.93. The van der Waals surface area contributed by atoms with Crippen LogP contribution in [0, 0.1) is 6.92 Å². The van der Waals surface area contributed by atoms with Crippen LogP contribution in [-0.2, 0) is 13.0 Å². The largest absolute Gasteiger partial charge is 0.326 e. The van der Waals surface area contributed by atoms with E-state index in [4.69, 9.17) is 10.7 Å². The highest BCUT2D eigenvalue weighted by atomic mass is 15.1. The summed E-state index contributed by atoms with van der Waals surface area (Å²) in [5, 5.41) is 0. The summed E-state index contributed by atoms with van der Waals surface area (Å²) in [4.78, 5) is 9.21. The molecular weight excluding hydrogens is 224 g/mol. The molecule has 1 atom stereocenters. The van der Waals surface area contributed by atoms with Crippen molar-refractivity contribution in [1.82, 2.24) is 14.5 Å². The van der Waals surface area contributed by atoms with E-state index in [2.05, 4.69) is 29.5 Å². The van der Waals surface area contributed by atoms with Crippen molar-refractivity contribution in [2.75, 3.05) is 0 Å². The number of imidazole rings is 1. The monoisotopic (exact) mass is 246 g/mol. The summed E-state index contributed by atoms with van der Waals surface area (Å²) < 4.78 is 2.19.